The molecule has 0 aliphatic carbocycles. The van der Waals surface area contributed by atoms with Crippen molar-refractivity contribution in [3.05, 3.63) is 0 Å². The van der Waals surface area contributed by atoms with Crippen molar-refractivity contribution in [1.82, 2.24) is 4.90 Å². The van der Waals surface area contributed by atoms with Gasteiger partial charge in [-0.05, 0) is 12.8 Å². The van der Waals surface area contributed by atoms with Crippen LogP contribution in [0, 0.1) is 0 Å². The summed E-state index contributed by atoms with van der Waals surface area (Å²) in [6, 6.07) is 0.471. The van der Waals surface area contributed by atoms with Crippen LogP contribution in [0.5, 0.6) is 0 Å². The van der Waals surface area contributed by atoms with Gasteiger partial charge in [-0.25, -0.2) is 0 Å². The Morgan fingerprint density at radius 2 is 2.21 bits per heavy atom. The molecule has 2 unspecified atom stereocenters. The summed E-state index contributed by atoms with van der Waals surface area (Å²) in [5, 5.41) is 0. The van der Waals surface area contributed by atoms with Gasteiger partial charge in [0.2, 0.25) is 0 Å². The van der Waals surface area contributed by atoms with Gasteiger partial charge in [-0.1, -0.05) is 0 Å². The van der Waals surface area contributed by atoms with Crippen LogP contribution in [0.2, 0.25) is 0 Å². The Kier molecular flexibility index (Phi) is 4.10. The van der Waals surface area contributed by atoms with Crippen LogP contribution in [-0.2, 0) is 4.74 Å². The monoisotopic (exact) mass is 216 g/mol. The number of thioether (sulfide) groups is 1. The number of ether oxygens (including phenoxy) is 1. The van der Waals surface area contributed by atoms with Crippen LogP contribution in [-0.4, -0.2) is 54.8 Å². The molecule has 0 aromatic rings. The summed E-state index contributed by atoms with van der Waals surface area (Å²) in [7, 11) is 0. The average Bonchev–Trinajstić information content (AvgIpc) is 2.74. The van der Waals surface area contributed by atoms with E-state index in [-0.39, 0.29) is 0 Å². The molecule has 0 radical (unpaired) electrons. The normalized spacial score (nSPS) is 31.9. The average molecular weight is 216 g/mol. The first kappa shape index (κ1) is 10.7. The van der Waals surface area contributed by atoms with E-state index in [2.05, 4.69) is 4.90 Å². The number of hydrogen-bond donors (Lipinski definition) is 1. The van der Waals surface area contributed by atoms with E-state index in [9.17, 15) is 0 Å². The second-order valence-electron chi connectivity index (χ2n) is 4.00. The zero-order chi connectivity index (χ0) is 9.80. The molecule has 2 aliphatic rings. The van der Waals surface area contributed by atoms with Crippen molar-refractivity contribution in [2.45, 2.75) is 25.0 Å². The van der Waals surface area contributed by atoms with Gasteiger partial charge in [0.1, 0.15) is 0 Å². The van der Waals surface area contributed by atoms with E-state index >= 15 is 0 Å². The fraction of sp³-hybridized carbons (Fsp3) is 1.00. The molecular formula is C10H20N2OS. The van der Waals surface area contributed by atoms with E-state index in [1.54, 1.807) is 0 Å². The van der Waals surface area contributed by atoms with Gasteiger partial charge in [0.15, 0.2) is 0 Å². The second kappa shape index (κ2) is 5.35. The van der Waals surface area contributed by atoms with Crippen molar-refractivity contribution >= 4 is 11.8 Å². The third-order valence-corrected chi connectivity index (χ3v) is 4.09. The lowest BCUT2D eigenvalue weighted by Gasteiger charge is -2.36. The molecule has 14 heavy (non-hydrogen) atoms. The molecule has 0 aromatic heterocycles. The number of rotatable bonds is 3. The Bertz CT molecular complexity index is 168. The van der Waals surface area contributed by atoms with Gasteiger partial charge in [0.25, 0.3) is 0 Å². The zero-order valence-electron chi connectivity index (χ0n) is 8.65. The molecule has 2 atom stereocenters. The van der Waals surface area contributed by atoms with Crippen LogP contribution < -0.4 is 5.73 Å². The lowest BCUT2D eigenvalue weighted by atomic mass is 10.1. The van der Waals surface area contributed by atoms with E-state index < -0.39 is 0 Å². The van der Waals surface area contributed by atoms with Gasteiger partial charge in [-0.15, -0.1) is 0 Å². The Labute approximate surface area is 90.3 Å². The molecule has 0 aromatic carbocycles. The minimum absolute atomic E-state index is 0.406. The van der Waals surface area contributed by atoms with Crippen LogP contribution >= 0.6 is 11.8 Å². The van der Waals surface area contributed by atoms with E-state index in [1.807, 2.05) is 11.8 Å². The highest BCUT2D eigenvalue weighted by Crippen LogP contribution is 2.21. The summed E-state index contributed by atoms with van der Waals surface area (Å²) in [6.07, 6.45) is 2.82. The van der Waals surface area contributed by atoms with Crippen molar-refractivity contribution < 1.29 is 4.74 Å². The third-order valence-electron chi connectivity index (χ3n) is 3.15. The Hall–Kier alpha value is 0.230. The van der Waals surface area contributed by atoms with Gasteiger partial charge >= 0.3 is 0 Å². The molecule has 0 saturated carbocycles. The first-order chi connectivity index (χ1) is 6.92. The standard InChI is InChI=1S/C10H20N2OS/c11-8-9(10-2-1-5-13-10)12-3-6-14-7-4-12/h9-10H,1-8,11H2. The topological polar surface area (TPSA) is 38.5 Å². The molecule has 4 heteroatoms. The third kappa shape index (κ3) is 2.42. The first-order valence-electron chi connectivity index (χ1n) is 5.55. The van der Waals surface area contributed by atoms with Crippen LogP contribution in [0.15, 0.2) is 0 Å². The molecule has 2 N–H and O–H groups in total. The Morgan fingerprint density at radius 1 is 1.43 bits per heavy atom. The molecule has 2 fully saturated rings. The van der Waals surface area contributed by atoms with Crippen molar-refractivity contribution in [3.63, 3.8) is 0 Å². The minimum atomic E-state index is 0.406. The van der Waals surface area contributed by atoms with Crippen molar-refractivity contribution in [2.24, 2.45) is 5.73 Å². The number of hydrogen-bond acceptors (Lipinski definition) is 4. The quantitative estimate of drug-likeness (QED) is 0.747. The van der Waals surface area contributed by atoms with Gasteiger partial charge in [-0.3, -0.25) is 4.90 Å². The number of nitrogens with zero attached hydrogens (tertiary/aromatic N) is 1. The summed E-state index contributed by atoms with van der Waals surface area (Å²) in [5.74, 6) is 2.51. The van der Waals surface area contributed by atoms with E-state index in [1.165, 1.54) is 37.4 Å². The summed E-state index contributed by atoms with van der Waals surface area (Å²) in [4.78, 5) is 2.52. The fourth-order valence-electron chi connectivity index (χ4n) is 2.35. The predicted molar refractivity (Wildman–Crippen MR) is 60.7 cm³/mol. The maximum Gasteiger partial charge on any atom is 0.0743 e. The molecule has 82 valence electrons. The van der Waals surface area contributed by atoms with Crippen molar-refractivity contribution in [2.75, 3.05) is 37.7 Å². The lowest BCUT2D eigenvalue weighted by molar-refractivity contribution is 0.0311. The smallest absolute Gasteiger partial charge is 0.0743 e. The number of nitrogens with two attached hydrogens (primary N) is 1. The fourth-order valence-corrected chi connectivity index (χ4v) is 3.28. The molecule has 2 saturated heterocycles. The highest BCUT2D eigenvalue weighted by molar-refractivity contribution is 7.99. The maximum atomic E-state index is 5.85. The molecule has 2 rings (SSSR count). The van der Waals surface area contributed by atoms with E-state index in [0.717, 1.165) is 13.2 Å². The van der Waals surface area contributed by atoms with Crippen LogP contribution in [0.3, 0.4) is 0 Å². The summed E-state index contributed by atoms with van der Waals surface area (Å²) in [5.41, 5.74) is 5.85. The van der Waals surface area contributed by atoms with Gasteiger partial charge in [0.05, 0.1) is 6.10 Å². The lowest BCUT2D eigenvalue weighted by Crippen LogP contribution is -2.51. The minimum Gasteiger partial charge on any atom is -0.377 e. The summed E-state index contributed by atoms with van der Waals surface area (Å²) >= 11 is 2.05. The SMILES string of the molecule is NCC(C1CCCO1)N1CCSCC1. The second-order valence-corrected chi connectivity index (χ2v) is 5.23. The van der Waals surface area contributed by atoms with E-state index in [4.69, 9.17) is 10.5 Å². The van der Waals surface area contributed by atoms with Crippen LogP contribution in [0.25, 0.3) is 0 Å². The molecule has 2 heterocycles. The summed E-state index contributed by atoms with van der Waals surface area (Å²) < 4.78 is 5.73. The highest BCUT2D eigenvalue weighted by atomic mass is 32.2. The molecule has 0 bridgehead atoms. The van der Waals surface area contributed by atoms with Crippen LogP contribution in [0.4, 0.5) is 0 Å². The first-order valence-corrected chi connectivity index (χ1v) is 6.71. The largest absolute Gasteiger partial charge is 0.377 e. The molecule has 0 amide bonds. The molecular weight excluding hydrogens is 196 g/mol. The van der Waals surface area contributed by atoms with Crippen molar-refractivity contribution in [1.29, 1.82) is 0 Å². The van der Waals surface area contributed by atoms with Gasteiger partial charge < -0.3 is 10.5 Å². The van der Waals surface area contributed by atoms with Crippen molar-refractivity contribution in [3.8, 4) is 0 Å². The molecule has 3 nitrogen and oxygen atoms in total. The predicted octanol–water partition coefficient (Wildman–Crippen LogP) is 0.542. The van der Waals surface area contributed by atoms with Crippen LogP contribution in [0.1, 0.15) is 12.8 Å². The molecule has 2 aliphatic heterocycles. The maximum absolute atomic E-state index is 5.85. The Morgan fingerprint density at radius 3 is 2.79 bits per heavy atom. The summed E-state index contributed by atoms with van der Waals surface area (Å²) in [6.45, 7) is 4.05. The van der Waals surface area contributed by atoms with Gasteiger partial charge in [0, 0.05) is 43.8 Å². The van der Waals surface area contributed by atoms with E-state index in [0.29, 0.717) is 12.1 Å². The molecule has 0 spiro atoms. The highest BCUT2D eigenvalue weighted by Gasteiger charge is 2.30. The Balaban J connectivity index is 1.89. The zero-order valence-corrected chi connectivity index (χ0v) is 9.47. The van der Waals surface area contributed by atoms with Gasteiger partial charge in [-0.2, -0.15) is 11.8 Å².